The lowest BCUT2D eigenvalue weighted by Gasteiger charge is -2.19. The number of imidazole rings is 1. The highest BCUT2D eigenvalue weighted by Gasteiger charge is 2.46. The monoisotopic (exact) mass is 742 g/mol. The molecular weight excluding hydrogens is 710 g/mol. The lowest BCUT2D eigenvalue weighted by Crippen LogP contribution is -2.33. The number of ether oxygens (including phenoxy) is 1. The Balaban J connectivity index is 0.878. The molecule has 20 heteroatoms. The number of nitrogens with zero attached hydrogens (tertiary/aromatic N) is 3. The van der Waals surface area contributed by atoms with Crippen LogP contribution in [0.25, 0.3) is 43.5 Å². The summed E-state index contributed by atoms with van der Waals surface area (Å²) >= 11 is 0. The topological polar surface area (TPSA) is 271 Å². The van der Waals surface area contributed by atoms with E-state index in [9.17, 15) is 38.7 Å². The summed E-state index contributed by atoms with van der Waals surface area (Å²) in [6.07, 6.45) is -5.10. The number of nitrogens with two attached hydrogens (primary N) is 1. The highest BCUT2D eigenvalue weighted by atomic mass is 31.3. The van der Waals surface area contributed by atoms with Gasteiger partial charge >= 0.3 is 15.6 Å². The Hall–Kier alpha value is -4.32. The van der Waals surface area contributed by atoms with Gasteiger partial charge in [0.2, 0.25) is 11.9 Å². The molecule has 0 aliphatic carbocycles. The fourth-order valence-electron chi connectivity index (χ4n) is 6.22. The Morgan fingerprint density at radius 3 is 2.43 bits per heavy atom. The summed E-state index contributed by atoms with van der Waals surface area (Å²) in [6.45, 7) is -1.10. The normalized spacial score (nSPS) is 21.8. The zero-order valence-electron chi connectivity index (χ0n) is 26.5. The summed E-state index contributed by atoms with van der Waals surface area (Å²) in [5, 5.41) is 30.5. The fourth-order valence-corrected chi connectivity index (χ4v) is 8.33. The maximum atomic E-state index is 12.6. The molecule has 0 bridgehead atoms. The van der Waals surface area contributed by atoms with Gasteiger partial charge in [-0.15, -0.1) is 0 Å². The third-order valence-electron chi connectivity index (χ3n) is 8.57. The zero-order chi connectivity index (χ0) is 36.1. The number of amides is 1. The van der Waals surface area contributed by atoms with Gasteiger partial charge in [-0.1, -0.05) is 54.6 Å². The summed E-state index contributed by atoms with van der Waals surface area (Å²) < 4.78 is 45.4. The molecule has 2 aromatic heterocycles. The van der Waals surface area contributed by atoms with Gasteiger partial charge in [-0.3, -0.25) is 28.2 Å². The molecule has 1 aliphatic rings. The lowest BCUT2D eigenvalue weighted by molar-refractivity contribution is -0.121. The number of benzene rings is 4. The van der Waals surface area contributed by atoms with Crippen LogP contribution >= 0.6 is 15.6 Å². The number of aliphatic hydroxyl groups excluding tert-OH is 2. The van der Waals surface area contributed by atoms with E-state index in [1.807, 2.05) is 24.3 Å². The van der Waals surface area contributed by atoms with Gasteiger partial charge in [0.05, 0.1) is 19.5 Å². The molecule has 7 rings (SSSR count). The number of aromatic nitrogens is 4. The highest BCUT2D eigenvalue weighted by Crippen LogP contribution is 2.60. The van der Waals surface area contributed by atoms with E-state index in [-0.39, 0.29) is 42.4 Å². The molecular formula is C31H32N6O12P2. The second-order valence-corrected chi connectivity index (χ2v) is 15.0. The molecule has 1 aliphatic heterocycles. The standard InChI is InChI=1S/C31H32N6O12P2/c32-31-35-28-25(29(41)36-31)34-15-37(28)30-27(40)26(39)21(48-30)14-47-51(44,45)49-50(42,43)46-12-2-5-22(38)33-13-19-9-8-18-7-6-16-3-1-4-17-10-11-20(19)24(18)23(16)17/h1,3-4,6-11,15,21,26-27,30,39-40H,2,5,12-14H2,(H,33,38)(H,42,43)(H,44,45)(H3,32,35,36,41)/t21-,26-,27-,30-/m1/s1. The van der Waals surface area contributed by atoms with Crippen LogP contribution in [0.5, 0.6) is 0 Å². The van der Waals surface area contributed by atoms with Crippen molar-refractivity contribution in [3.63, 3.8) is 0 Å². The average molecular weight is 743 g/mol. The van der Waals surface area contributed by atoms with Gasteiger partial charge in [-0.2, -0.15) is 9.29 Å². The van der Waals surface area contributed by atoms with Crippen LogP contribution in [-0.2, 0) is 38.6 Å². The third kappa shape index (κ3) is 7.11. The molecule has 4 aromatic carbocycles. The summed E-state index contributed by atoms with van der Waals surface area (Å²) in [4.78, 5) is 54.8. The number of carbonyl (C=O) groups excluding carboxylic acids is 1. The first-order valence-electron chi connectivity index (χ1n) is 15.6. The second-order valence-electron chi connectivity index (χ2n) is 11.9. The summed E-state index contributed by atoms with van der Waals surface area (Å²) in [7, 11) is -10.4. The minimum absolute atomic E-state index is 0.0223. The van der Waals surface area contributed by atoms with Gasteiger partial charge in [0.1, 0.15) is 18.3 Å². The number of aliphatic hydroxyl groups is 2. The van der Waals surface area contributed by atoms with Crippen molar-refractivity contribution in [3.8, 4) is 0 Å². The molecule has 6 atom stereocenters. The number of nitrogen functional groups attached to an aromatic ring is 1. The van der Waals surface area contributed by atoms with Crippen molar-refractivity contribution in [3.05, 3.63) is 76.8 Å². The zero-order valence-corrected chi connectivity index (χ0v) is 28.3. The third-order valence-corrected chi connectivity index (χ3v) is 11.2. The minimum Gasteiger partial charge on any atom is -0.387 e. The van der Waals surface area contributed by atoms with Gasteiger partial charge in [0, 0.05) is 13.0 Å². The summed E-state index contributed by atoms with van der Waals surface area (Å²) in [5.41, 5.74) is 5.66. The molecule has 18 nitrogen and oxygen atoms in total. The molecule has 268 valence electrons. The predicted molar refractivity (Wildman–Crippen MR) is 182 cm³/mol. The lowest BCUT2D eigenvalue weighted by atomic mass is 9.92. The van der Waals surface area contributed by atoms with E-state index in [1.165, 1.54) is 0 Å². The van der Waals surface area contributed by atoms with Crippen LogP contribution in [0.3, 0.4) is 0 Å². The van der Waals surface area contributed by atoms with Gasteiger partial charge in [0.25, 0.3) is 5.56 Å². The van der Waals surface area contributed by atoms with Crippen LogP contribution in [0.15, 0.2) is 65.7 Å². The smallest absolute Gasteiger partial charge is 0.387 e. The number of nitrogens with one attached hydrogen (secondary N) is 2. The Bertz CT molecular complexity index is 2400. The largest absolute Gasteiger partial charge is 0.481 e. The molecule has 6 aromatic rings. The van der Waals surface area contributed by atoms with Crippen LogP contribution in [0.1, 0.15) is 24.6 Å². The number of carbonyl (C=O) groups is 1. The number of hydrogen-bond acceptors (Lipinski definition) is 13. The van der Waals surface area contributed by atoms with Crippen LogP contribution in [0, 0.1) is 0 Å². The summed E-state index contributed by atoms with van der Waals surface area (Å²) in [5.74, 6) is -0.588. The van der Waals surface area contributed by atoms with E-state index >= 15 is 0 Å². The molecule has 1 fully saturated rings. The SMILES string of the molecule is Nc1nc2c(ncn2[C@@H]2O[C@H](COP(=O)(O)OP(=O)(O)OCCCC(=O)NCc3ccc4ccc5cccc6ccc3c4c56)[C@@H](O)[C@H]2O)c(=O)[nH]1. The van der Waals surface area contributed by atoms with Gasteiger partial charge in [0.15, 0.2) is 17.4 Å². The fraction of sp³-hybridized carbons (Fsp3) is 0.290. The number of H-pyrrole nitrogens is 1. The van der Waals surface area contributed by atoms with E-state index in [2.05, 4.69) is 54.9 Å². The second kappa shape index (κ2) is 13.7. The molecule has 0 saturated carbocycles. The Kier molecular flexibility index (Phi) is 9.41. The first kappa shape index (κ1) is 35.1. The molecule has 51 heavy (non-hydrogen) atoms. The predicted octanol–water partition coefficient (Wildman–Crippen LogP) is 2.57. The number of hydrogen-bond donors (Lipinski definition) is 7. The quantitative estimate of drug-likeness (QED) is 0.0509. The van der Waals surface area contributed by atoms with Crippen molar-refractivity contribution < 1.29 is 52.0 Å². The molecule has 2 unspecified atom stereocenters. The first-order valence-corrected chi connectivity index (χ1v) is 18.6. The molecule has 0 spiro atoms. The van der Waals surface area contributed by atoms with E-state index in [1.54, 1.807) is 0 Å². The van der Waals surface area contributed by atoms with E-state index in [0.717, 1.165) is 48.8 Å². The average Bonchev–Trinajstić information content (AvgIpc) is 3.63. The maximum Gasteiger partial charge on any atom is 0.481 e. The van der Waals surface area contributed by atoms with Crippen LogP contribution in [0.4, 0.5) is 5.95 Å². The Morgan fingerprint density at radius 1 is 0.980 bits per heavy atom. The van der Waals surface area contributed by atoms with Crippen molar-refractivity contribution in [2.24, 2.45) is 0 Å². The highest BCUT2D eigenvalue weighted by molar-refractivity contribution is 7.61. The van der Waals surface area contributed by atoms with Crippen molar-refractivity contribution >= 4 is 71.0 Å². The van der Waals surface area contributed by atoms with Gasteiger partial charge < -0.3 is 35.8 Å². The molecule has 1 saturated heterocycles. The number of rotatable bonds is 13. The molecule has 3 heterocycles. The molecule has 0 radical (unpaired) electrons. The van der Waals surface area contributed by atoms with Crippen molar-refractivity contribution in [1.29, 1.82) is 0 Å². The van der Waals surface area contributed by atoms with Crippen LogP contribution < -0.4 is 16.6 Å². The number of fused-ring (bicyclic) bond motifs is 1. The summed E-state index contributed by atoms with van der Waals surface area (Å²) in [6, 6.07) is 18.3. The molecule has 8 N–H and O–H groups in total. The van der Waals surface area contributed by atoms with E-state index < -0.39 is 59.0 Å². The number of aromatic amines is 1. The first-order chi connectivity index (χ1) is 24.3. The minimum atomic E-state index is -5.28. The Labute approximate surface area is 287 Å². The van der Waals surface area contributed by atoms with Crippen molar-refractivity contribution in [1.82, 2.24) is 24.8 Å². The van der Waals surface area contributed by atoms with Gasteiger partial charge in [-0.25, -0.2) is 14.1 Å². The Morgan fingerprint density at radius 2 is 1.67 bits per heavy atom. The van der Waals surface area contributed by atoms with Crippen LogP contribution in [0.2, 0.25) is 0 Å². The van der Waals surface area contributed by atoms with E-state index in [4.69, 9.17) is 19.5 Å². The van der Waals surface area contributed by atoms with Gasteiger partial charge in [-0.05, 0) is 44.3 Å². The van der Waals surface area contributed by atoms with Crippen molar-refractivity contribution in [2.45, 2.75) is 43.9 Å². The number of anilines is 1. The van der Waals surface area contributed by atoms with Crippen molar-refractivity contribution in [2.75, 3.05) is 18.9 Å². The number of phosphoric ester groups is 2. The maximum absolute atomic E-state index is 12.6. The van der Waals surface area contributed by atoms with Crippen LogP contribution in [-0.4, -0.2) is 77.0 Å². The molecule has 1 amide bonds. The number of phosphoric acid groups is 2. The van der Waals surface area contributed by atoms with E-state index in [0.29, 0.717) is 0 Å².